The largest absolute Gasteiger partial charge is 0.480 e. The summed E-state index contributed by atoms with van der Waals surface area (Å²) in [6.07, 6.45) is 1.47. The minimum Gasteiger partial charge on any atom is -0.480 e. The third-order valence-electron chi connectivity index (χ3n) is 5.85. The van der Waals surface area contributed by atoms with Gasteiger partial charge in [0.15, 0.2) is 11.5 Å². The second-order valence-corrected chi connectivity index (χ2v) is 8.88. The van der Waals surface area contributed by atoms with E-state index in [1.54, 1.807) is 4.52 Å². The average molecular weight is 483 g/mol. The van der Waals surface area contributed by atoms with Crippen molar-refractivity contribution in [1.29, 1.82) is 0 Å². The minimum absolute atomic E-state index is 0.334. The molecule has 0 spiro atoms. The maximum Gasteiger partial charge on any atom is 0.326 e. The first-order chi connectivity index (χ1) is 15.9. The number of fused-ring (bicyclic) bond motifs is 1. The molecule has 8 nitrogen and oxygen atoms in total. The highest BCUT2D eigenvalue weighted by atomic mass is 35.5. The first-order valence-corrected chi connectivity index (χ1v) is 11.1. The van der Waals surface area contributed by atoms with Crippen molar-refractivity contribution in [2.24, 2.45) is 0 Å². The average Bonchev–Trinajstić information content (AvgIpc) is 3.16. The van der Waals surface area contributed by atoms with Gasteiger partial charge in [0.1, 0.15) is 17.6 Å². The Bertz CT molecular complexity index is 1350. The predicted molar refractivity (Wildman–Crippen MR) is 126 cm³/mol. The third-order valence-corrected chi connectivity index (χ3v) is 6.43. The van der Waals surface area contributed by atoms with Gasteiger partial charge in [-0.1, -0.05) is 53.5 Å². The number of hydrogen-bond donors (Lipinski definition) is 3. The zero-order valence-electron chi connectivity index (χ0n) is 17.6. The van der Waals surface area contributed by atoms with Crippen LogP contribution >= 0.6 is 23.2 Å². The maximum atomic E-state index is 11.8. The number of hydrogen-bond acceptors (Lipinski definition) is 6. The molecule has 0 radical (unpaired) electrons. The van der Waals surface area contributed by atoms with Gasteiger partial charge < -0.3 is 10.4 Å². The van der Waals surface area contributed by atoms with E-state index < -0.39 is 17.6 Å². The second kappa shape index (κ2) is 8.39. The second-order valence-electron chi connectivity index (χ2n) is 8.03. The topological polar surface area (TPSA) is 104 Å². The lowest BCUT2D eigenvalue weighted by Crippen LogP contribution is -2.72. The first kappa shape index (κ1) is 21.8. The van der Waals surface area contributed by atoms with E-state index in [4.69, 9.17) is 28.3 Å². The minimum atomic E-state index is -1.05. The van der Waals surface area contributed by atoms with Crippen LogP contribution in [0.2, 0.25) is 10.0 Å². The fraction of sp³-hybridized carbons (Fsp3) is 0.217. The Morgan fingerprint density at radius 3 is 2.52 bits per heavy atom. The first-order valence-electron chi connectivity index (χ1n) is 10.4. The van der Waals surface area contributed by atoms with Crippen LogP contribution in [0.5, 0.6) is 0 Å². The molecule has 0 aliphatic carbocycles. The van der Waals surface area contributed by atoms with Crippen LogP contribution in [-0.4, -0.2) is 49.3 Å². The van der Waals surface area contributed by atoms with Crippen molar-refractivity contribution in [3.05, 3.63) is 70.7 Å². The quantitative estimate of drug-likeness (QED) is 0.383. The van der Waals surface area contributed by atoms with Gasteiger partial charge in [-0.25, -0.2) is 9.97 Å². The molecular formula is C23H20Cl2N6O2. The van der Waals surface area contributed by atoms with E-state index in [-0.39, 0.29) is 0 Å². The van der Waals surface area contributed by atoms with Gasteiger partial charge in [-0.15, -0.1) is 0 Å². The van der Waals surface area contributed by atoms with Crippen LogP contribution in [0, 0.1) is 0 Å². The monoisotopic (exact) mass is 482 g/mol. The van der Waals surface area contributed by atoms with E-state index >= 15 is 0 Å². The summed E-state index contributed by atoms with van der Waals surface area (Å²) >= 11 is 12.6. The van der Waals surface area contributed by atoms with Crippen molar-refractivity contribution in [2.75, 3.05) is 13.1 Å². The zero-order chi connectivity index (χ0) is 23.2. The molecule has 1 aliphatic rings. The molecule has 33 heavy (non-hydrogen) atoms. The summed E-state index contributed by atoms with van der Waals surface area (Å²) in [7, 11) is 0. The molecule has 1 saturated heterocycles. The van der Waals surface area contributed by atoms with Crippen molar-refractivity contribution in [1.82, 2.24) is 30.2 Å². The van der Waals surface area contributed by atoms with E-state index in [9.17, 15) is 9.90 Å². The summed E-state index contributed by atoms with van der Waals surface area (Å²) < 4.78 is 1.65. The molecule has 3 heterocycles. The summed E-state index contributed by atoms with van der Waals surface area (Å²) in [5.41, 5.74) is 2.60. The molecule has 0 bridgehead atoms. The number of aromatic nitrogens is 4. The predicted octanol–water partition coefficient (Wildman–Crippen LogP) is 3.84. The normalized spacial score (nSPS) is 15.8. The van der Waals surface area contributed by atoms with Crippen LogP contribution in [0.15, 0.2) is 54.9 Å². The van der Waals surface area contributed by atoms with E-state index in [0.29, 0.717) is 40.3 Å². The standard InChI is InChI=1S/C23H20Cl2N6O2/c1-13(29-23(22(32)33)10-26-11-23)20-27-12-28-21-18(14-6-8-15(24)9-7-14)19(30-31(20)21)16-4-2-3-5-17(16)25/h2-9,12-13,26,29H,10-11H2,1H3,(H,32,33). The fourth-order valence-corrected chi connectivity index (χ4v) is 4.43. The van der Waals surface area contributed by atoms with Gasteiger partial charge in [0.05, 0.1) is 16.6 Å². The highest BCUT2D eigenvalue weighted by molar-refractivity contribution is 6.33. The number of carboxylic acid groups (broad SMARTS) is 1. The summed E-state index contributed by atoms with van der Waals surface area (Å²) in [5, 5.41) is 22.0. The van der Waals surface area contributed by atoms with Crippen molar-refractivity contribution in [2.45, 2.75) is 18.5 Å². The van der Waals surface area contributed by atoms with Crippen LogP contribution in [0.25, 0.3) is 28.0 Å². The lowest BCUT2D eigenvalue weighted by molar-refractivity contribution is -0.147. The number of nitrogens with one attached hydrogen (secondary N) is 2. The molecule has 10 heteroatoms. The van der Waals surface area contributed by atoms with Gasteiger partial charge in [0, 0.05) is 23.7 Å². The van der Waals surface area contributed by atoms with Crippen molar-refractivity contribution in [3.63, 3.8) is 0 Å². The van der Waals surface area contributed by atoms with E-state index in [1.807, 2.05) is 55.5 Å². The Labute approximate surface area is 199 Å². The molecule has 2 aromatic carbocycles. The maximum absolute atomic E-state index is 11.8. The smallest absolute Gasteiger partial charge is 0.326 e. The van der Waals surface area contributed by atoms with Crippen LogP contribution in [0.1, 0.15) is 18.8 Å². The number of carboxylic acids is 1. The molecule has 1 unspecified atom stereocenters. The van der Waals surface area contributed by atoms with Gasteiger partial charge in [-0.2, -0.15) is 9.61 Å². The molecule has 3 N–H and O–H groups in total. The third kappa shape index (κ3) is 3.75. The molecule has 0 amide bonds. The Morgan fingerprint density at radius 2 is 1.88 bits per heavy atom. The fourth-order valence-electron chi connectivity index (χ4n) is 4.07. The van der Waals surface area contributed by atoms with E-state index in [2.05, 4.69) is 20.6 Å². The molecule has 1 aliphatic heterocycles. The van der Waals surface area contributed by atoms with E-state index in [0.717, 1.165) is 16.7 Å². The SMILES string of the molecule is CC(NC1(C(=O)O)CNC1)c1ncnc2c(-c3ccc(Cl)cc3)c(-c3ccccc3Cl)nn12. The highest BCUT2D eigenvalue weighted by Gasteiger charge is 2.45. The van der Waals surface area contributed by atoms with Crippen molar-refractivity contribution >= 4 is 34.8 Å². The van der Waals surface area contributed by atoms with Crippen molar-refractivity contribution in [3.8, 4) is 22.4 Å². The molecule has 0 saturated carbocycles. The summed E-state index contributed by atoms with van der Waals surface area (Å²) in [4.78, 5) is 20.8. The Kier molecular flexibility index (Phi) is 5.54. The lowest BCUT2D eigenvalue weighted by atomic mass is 9.91. The zero-order valence-corrected chi connectivity index (χ0v) is 19.1. The van der Waals surface area contributed by atoms with Crippen LogP contribution in [-0.2, 0) is 4.79 Å². The van der Waals surface area contributed by atoms with Gasteiger partial charge in [0.25, 0.3) is 0 Å². The number of carbonyl (C=O) groups is 1. The van der Waals surface area contributed by atoms with Gasteiger partial charge in [-0.05, 0) is 30.7 Å². The molecule has 1 atom stereocenters. The number of nitrogens with zero attached hydrogens (tertiary/aromatic N) is 4. The number of benzene rings is 2. The Morgan fingerprint density at radius 1 is 1.15 bits per heavy atom. The molecular weight excluding hydrogens is 463 g/mol. The molecule has 5 rings (SSSR count). The summed E-state index contributed by atoms with van der Waals surface area (Å²) in [5.74, 6) is -0.362. The molecule has 168 valence electrons. The highest BCUT2D eigenvalue weighted by Crippen LogP contribution is 2.38. The summed E-state index contributed by atoms with van der Waals surface area (Å²) in [6.45, 7) is 2.53. The molecule has 1 fully saturated rings. The number of halogens is 2. The van der Waals surface area contributed by atoms with Crippen LogP contribution in [0.4, 0.5) is 0 Å². The molecule has 2 aromatic heterocycles. The molecule has 4 aromatic rings. The van der Waals surface area contributed by atoms with Crippen molar-refractivity contribution < 1.29 is 9.90 Å². The Hall–Kier alpha value is -3.04. The van der Waals surface area contributed by atoms with E-state index in [1.165, 1.54) is 6.33 Å². The van der Waals surface area contributed by atoms with Crippen LogP contribution < -0.4 is 10.6 Å². The number of aliphatic carboxylic acids is 1. The number of rotatable bonds is 6. The van der Waals surface area contributed by atoms with Crippen LogP contribution in [0.3, 0.4) is 0 Å². The lowest BCUT2D eigenvalue weighted by Gasteiger charge is -2.41. The van der Waals surface area contributed by atoms with Gasteiger partial charge in [0.2, 0.25) is 0 Å². The van der Waals surface area contributed by atoms with Gasteiger partial charge >= 0.3 is 5.97 Å². The summed E-state index contributed by atoms with van der Waals surface area (Å²) in [6, 6.07) is 14.5. The van der Waals surface area contributed by atoms with Gasteiger partial charge in [-0.3, -0.25) is 10.1 Å². The Balaban J connectivity index is 1.70.